The molecular weight excluding hydrogens is 238 g/mol. The lowest BCUT2D eigenvalue weighted by atomic mass is 9.69. The van der Waals surface area contributed by atoms with Gasteiger partial charge >= 0.3 is 5.97 Å². The summed E-state index contributed by atoms with van der Waals surface area (Å²) in [7, 11) is 0. The van der Waals surface area contributed by atoms with E-state index in [9.17, 15) is 15.2 Å². The minimum atomic E-state index is -0.656. The lowest BCUT2D eigenvalue weighted by Gasteiger charge is -2.34. The normalized spacial score (nSPS) is 32.5. The zero-order chi connectivity index (χ0) is 14.7. The molecule has 0 amide bonds. The minimum Gasteiger partial charge on any atom is -0.481 e. The van der Waals surface area contributed by atoms with Gasteiger partial charge in [0.2, 0.25) is 0 Å². The Morgan fingerprint density at radius 3 is 2.11 bits per heavy atom. The first-order valence-corrected chi connectivity index (χ1v) is 7.17. The molecule has 0 aliphatic heterocycles. The predicted molar refractivity (Wildman–Crippen MR) is 73.3 cm³/mol. The first-order chi connectivity index (χ1) is 8.52. The molecule has 0 radical (unpaired) electrons. The first-order valence-electron chi connectivity index (χ1n) is 7.17. The molecule has 0 spiro atoms. The van der Waals surface area contributed by atoms with Gasteiger partial charge in [0.1, 0.15) is 0 Å². The van der Waals surface area contributed by atoms with Gasteiger partial charge in [-0.25, -0.2) is 0 Å². The van der Waals surface area contributed by atoms with Crippen molar-refractivity contribution in [3.8, 4) is 6.07 Å². The summed E-state index contributed by atoms with van der Waals surface area (Å²) in [5.41, 5.74) is -1.02. The van der Waals surface area contributed by atoms with Gasteiger partial charge in [-0.15, -0.1) is 0 Å². The zero-order valence-corrected chi connectivity index (χ0v) is 12.7. The molecule has 2 saturated carbocycles. The van der Waals surface area contributed by atoms with E-state index in [-0.39, 0.29) is 16.2 Å². The fourth-order valence-electron chi connectivity index (χ4n) is 3.92. The monoisotopic (exact) mass is 263 g/mol. The van der Waals surface area contributed by atoms with E-state index in [2.05, 4.69) is 40.7 Å². The van der Waals surface area contributed by atoms with Gasteiger partial charge in [0.15, 0.2) is 0 Å². The molecule has 106 valence electrons. The van der Waals surface area contributed by atoms with E-state index in [1.165, 1.54) is 0 Å². The third-order valence-electron chi connectivity index (χ3n) is 5.85. The number of nitriles is 1. The molecule has 2 rings (SSSR count). The van der Waals surface area contributed by atoms with Crippen LogP contribution < -0.4 is 0 Å². The summed E-state index contributed by atoms with van der Waals surface area (Å²) in [5.74, 6) is -0.305. The van der Waals surface area contributed by atoms with Crippen LogP contribution in [0.15, 0.2) is 0 Å². The zero-order valence-electron chi connectivity index (χ0n) is 12.7. The maximum Gasteiger partial charge on any atom is 0.310 e. The topological polar surface area (TPSA) is 61.1 Å². The van der Waals surface area contributed by atoms with Crippen molar-refractivity contribution in [1.29, 1.82) is 5.26 Å². The number of aliphatic carboxylic acids is 1. The molecule has 2 aliphatic rings. The van der Waals surface area contributed by atoms with Gasteiger partial charge in [-0.1, -0.05) is 34.6 Å². The highest BCUT2D eigenvalue weighted by molar-refractivity contribution is 5.78. The largest absolute Gasteiger partial charge is 0.481 e. The molecule has 0 bridgehead atoms. The molecule has 2 atom stereocenters. The van der Waals surface area contributed by atoms with E-state index < -0.39 is 11.4 Å². The quantitative estimate of drug-likeness (QED) is 0.838. The van der Waals surface area contributed by atoms with E-state index in [1.54, 1.807) is 0 Å². The molecular formula is C16H25NO2. The highest BCUT2D eigenvalue weighted by Crippen LogP contribution is 2.69. The Balaban J connectivity index is 2.13. The van der Waals surface area contributed by atoms with Crippen LogP contribution in [-0.4, -0.2) is 11.1 Å². The number of carboxylic acid groups (broad SMARTS) is 1. The first kappa shape index (κ1) is 14.4. The Morgan fingerprint density at radius 1 is 1.32 bits per heavy atom. The summed E-state index contributed by atoms with van der Waals surface area (Å²) in [6.45, 7) is 10.5. The summed E-state index contributed by atoms with van der Waals surface area (Å²) < 4.78 is 0. The van der Waals surface area contributed by atoms with Crippen LogP contribution in [0.1, 0.15) is 60.3 Å². The SMILES string of the molecule is CC(C)(C)C1(C#N)CC1CC(C)(C)C1(C(=O)O)CC1. The number of rotatable bonds is 4. The van der Waals surface area contributed by atoms with Crippen molar-refractivity contribution in [2.75, 3.05) is 0 Å². The van der Waals surface area contributed by atoms with E-state index in [0.717, 1.165) is 25.7 Å². The molecule has 0 aromatic rings. The molecule has 0 heterocycles. The van der Waals surface area contributed by atoms with Crippen molar-refractivity contribution in [2.24, 2.45) is 27.6 Å². The van der Waals surface area contributed by atoms with Gasteiger partial charge < -0.3 is 5.11 Å². The lowest BCUT2D eigenvalue weighted by Crippen LogP contribution is -2.34. The highest BCUT2D eigenvalue weighted by Gasteiger charge is 2.67. The summed E-state index contributed by atoms with van der Waals surface area (Å²) in [6, 6.07) is 2.52. The maximum atomic E-state index is 11.5. The molecule has 0 aromatic carbocycles. The van der Waals surface area contributed by atoms with Crippen molar-refractivity contribution in [3.63, 3.8) is 0 Å². The molecule has 1 N–H and O–H groups in total. The minimum absolute atomic E-state index is 0.0254. The van der Waals surface area contributed by atoms with Crippen molar-refractivity contribution in [2.45, 2.75) is 60.3 Å². The van der Waals surface area contributed by atoms with Gasteiger partial charge in [0.05, 0.1) is 16.9 Å². The molecule has 3 nitrogen and oxygen atoms in total. The van der Waals surface area contributed by atoms with Crippen LogP contribution >= 0.6 is 0 Å². The van der Waals surface area contributed by atoms with Crippen LogP contribution in [0.3, 0.4) is 0 Å². The Bertz CT molecular complexity index is 448. The van der Waals surface area contributed by atoms with Gasteiger partial charge in [0.25, 0.3) is 0 Å². The second-order valence-electron chi connectivity index (χ2n) is 8.21. The van der Waals surface area contributed by atoms with Crippen molar-refractivity contribution in [3.05, 3.63) is 0 Å². The fraction of sp³-hybridized carbons (Fsp3) is 0.875. The van der Waals surface area contributed by atoms with Crippen LogP contribution in [0.25, 0.3) is 0 Å². The van der Waals surface area contributed by atoms with Gasteiger partial charge in [-0.2, -0.15) is 5.26 Å². The number of hydrogen-bond donors (Lipinski definition) is 1. The van der Waals surface area contributed by atoms with Crippen molar-refractivity contribution >= 4 is 5.97 Å². The third-order valence-corrected chi connectivity index (χ3v) is 5.85. The molecule has 0 aromatic heterocycles. The summed E-state index contributed by atoms with van der Waals surface area (Å²) in [5, 5.41) is 19.0. The number of carbonyl (C=O) groups is 1. The van der Waals surface area contributed by atoms with Gasteiger partial charge in [0, 0.05) is 0 Å². The van der Waals surface area contributed by atoms with E-state index in [1.807, 2.05) is 0 Å². The maximum absolute atomic E-state index is 11.5. The average molecular weight is 263 g/mol. The second kappa shape index (κ2) is 3.75. The van der Waals surface area contributed by atoms with Crippen LogP contribution in [0, 0.1) is 38.9 Å². The smallest absolute Gasteiger partial charge is 0.310 e. The molecule has 0 saturated heterocycles. The number of hydrogen-bond acceptors (Lipinski definition) is 2. The standard InChI is InChI=1S/C16H25NO2/c1-13(2,3)16(10-17)9-11(16)8-14(4,5)15(6-7-15)12(18)19/h11H,6-9H2,1-5H3,(H,18,19). The summed E-state index contributed by atoms with van der Waals surface area (Å²) in [6.07, 6.45) is 3.35. The Hall–Kier alpha value is -1.04. The van der Waals surface area contributed by atoms with Crippen LogP contribution in [0.5, 0.6) is 0 Å². The van der Waals surface area contributed by atoms with Gasteiger partial charge in [-0.3, -0.25) is 4.79 Å². The Kier molecular flexibility index (Phi) is 2.83. The summed E-state index contributed by atoms with van der Waals surface area (Å²) in [4.78, 5) is 11.5. The Labute approximate surface area is 116 Å². The number of nitrogens with zero attached hydrogens (tertiary/aromatic N) is 1. The number of carboxylic acids is 1. The highest BCUT2D eigenvalue weighted by atomic mass is 16.4. The van der Waals surface area contributed by atoms with Crippen LogP contribution in [0.2, 0.25) is 0 Å². The Morgan fingerprint density at radius 2 is 1.84 bits per heavy atom. The van der Waals surface area contributed by atoms with Gasteiger partial charge in [-0.05, 0) is 42.4 Å². The lowest BCUT2D eigenvalue weighted by molar-refractivity contribution is -0.148. The third kappa shape index (κ3) is 1.88. The molecule has 2 fully saturated rings. The van der Waals surface area contributed by atoms with Crippen LogP contribution in [-0.2, 0) is 4.79 Å². The second-order valence-corrected chi connectivity index (χ2v) is 8.21. The molecule has 3 heteroatoms. The average Bonchev–Trinajstić information content (AvgIpc) is 3.09. The molecule has 2 unspecified atom stereocenters. The molecule has 19 heavy (non-hydrogen) atoms. The van der Waals surface area contributed by atoms with Crippen molar-refractivity contribution < 1.29 is 9.90 Å². The van der Waals surface area contributed by atoms with E-state index >= 15 is 0 Å². The summed E-state index contributed by atoms with van der Waals surface area (Å²) >= 11 is 0. The molecule has 2 aliphatic carbocycles. The van der Waals surface area contributed by atoms with Crippen molar-refractivity contribution in [1.82, 2.24) is 0 Å². The predicted octanol–water partition coefficient (Wildman–Crippen LogP) is 3.84. The van der Waals surface area contributed by atoms with E-state index in [4.69, 9.17) is 0 Å². The van der Waals surface area contributed by atoms with Crippen LogP contribution in [0.4, 0.5) is 0 Å². The van der Waals surface area contributed by atoms with E-state index in [0.29, 0.717) is 5.92 Å². The fourth-order valence-corrected chi connectivity index (χ4v) is 3.92.